The number of carbonyl (C=O) groups is 1. The second-order valence-electron chi connectivity index (χ2n) is 5.50. The number of para-hydroxylation sites is 1. The summed E-state index contributed by atoms with van der Waals surface area (Å²) in [5, 5.41) is 27.8. The Morgan fingerprint density at radius 3 is 2.69 bits per heavy atom. The molecular weight excluding hydrogens is 334 g/mol. The van der Waals surface area contributed by atoms with Crippen LogP contribution in [0.2, 0.25) is 0 Å². The van der Waals surface area contributed by atoms with Crippen molar-refractivity contribution < 1.29 is 15.0 Å². The van der Waals surface area contributed by atoms with Gasteiger partial charge in [-0.3, -0.25) is 9.79 Å². The number of phenolic OH excluding ortho intramolecular Hbond substituents is 1. The average Bonchev–Trinajstić information content (AvgIpc) is 3.13. The first-order chi connectivity index (χ1) is 12.6. The van der Waals surface area contributed by atoms with Gasteiger partial charge in [-0.05, 0) is 36.2 Å². The first-order valence-electron chi connectivity index (χ1n) is 7.87. The third kappa shape index (κ3) is 3.76. The molecular formula is C18H17N5O3. The number of aliphatic hydroxyl groups excluding tert-OH is 1. The Labute approximate surface area is 149 Å². The van der Waals surface area contributed by atoms with E-state index in [1.807, 2.05) is 30.3 Å². The van der Waals surface area contributed by atoms with Crippen molar-refractivity contribution in [2.24, 2.45) is 10.7 Å². The maximum atomic E-state index is 11.2. The van der Waals surface area contributed by atoms with Crippen molar-refractivity contribution in [1.29, 1.82) is 0 Å². The minimum Gasteiger partial charge on any atom is -0.505 e. The molecule has 1 amide bonds. The van der Waals surface area contributed by atoms with Crippen LogP contribution >= 0.6 is 0 Å². The van der Waals surface area contributed by atoms with Crippen molar-refractivity contribution in [3.05, 3.63) is 65.5 Å². The van der Waals surface area contributed by atoms with E-state index in [0.717, 1.165) is 16.0 Å². The quantitative estimate of drug-likeness (QED) is 0.578. The minimum atomic E-state index is -0.715. The molecule has 3 aromatic rings. The lowest BCUT2D eigenvalue weighted by atomic mass is 10.1. The van der Waals surface area contributed by atoms with Crippen LogP contribution in [0.3, 0.4) is 0 Å². The second-order valence-corrected chi connectivity index (χ2v) is 5.50. The maximum Gasteiger partial charge on any atom is 0.270 e. The summed E-state index contributed by atoms with van der Waals surface area (Å²) in [6.45, 7) is -0.0570. The molecule has 0 radical (unpaired) electrons. The number of nitrogens with two attached hydrogens (primary N) is 1. The molecule has 0 saturated heterocycles. The summed E-state index contributed by atoms with van der Waals surface area (Å²) in [4.78, 5) is 16.7. The normalized spacial score (nSPS) is 11.1. The van der Waals surface area contributed by atoms with E-state index in [1.165, 1.54) is 12.4 Å². The number of aromatic nitrogens is 3. The van der Waals surface area contributed by atoms with Gasteiger partial charge >= 0.3 is 0 Å². The Morgan fingerprint density at radius 2 is 2.04 bits per heavy atom. The van der Waals surface area contributed by atoms with Crippen molar-refractivity contribution in [2.45, 2.75) is 6.42 Å². The molecule has 2 aromatic carbocycles. The van der Waals surface area contributed by atoms with Gasteiger partial charge in [0.1, 0.15) is 5.69 Å². The number of amides is 1. The van der Waals surface area contributed by atoms with E-state index >= 15 is 0 Å². The lowest BCUT2D eigenvalue weighted by molar-refractivity contribution is 0.0995. The lowest BCUT2D eigenvalue weighted by Gasteiger charge is -2.09. The van der Waals surface area contributed by atoms with Gasteiger partial charge in [0.2, 0.25) is 0 Å². The predicted molar refractivity (Wildman–Crippen MR) is 96.0 cm³/mol. The van der Waals surface area contributed by atoms with E-state index in [4.69, 9.17) is 5.73 Å². The summed E-state index contributed by atoms with van der Waals surface area (Å²) in [6, 6.07) is 12.6. The molecule has 0 spiro atoms. The van der Waals surface area contributed by atoms with Crippen LogP contribution in [0.4, 0.5) is 5.69 Å². The van der Waals surface area contributed by atoms with Gasteiger partial charge in [0, 0.05) is 18.4 Å². The zero-order chi connectivity index (χ0) is 18.5. The van der Waals surface area contributed by atoms with Crippen molar-refractivity contribution in [2.75, 3.05) is 6.61 Å². The molecule has 132 valence electrons. The molecule has 0 fully saturated rings. The summed E-state index contributed by atoms with van der Waals surface area (Å²) >= 11 is 0. The number of hydrogen-bond donors (Lipinski definition) is 3. The van der Waals surface area contributed by atoms with E-state index in [2.05, 4.69) is 15.2 Å². The Balaban J connectivity index is 2.05. The molecule has 1 heterocycles. The molecule has 0 atom stereocenters. The largest absolute Gasteiger partial charge is 0.505 e. The van der Waals surface area contributed by atoms with Crippen molar-refractivity contribution in [3.63, 3.8) is 0 Å². The summed E-state index contributed by atoms with van der Waals surface area (Å²) in [5.74, 6) is -0.814. The molecule has 0 aliphatic heterocycles. The van der Waals surface area contributed by atoms with Crippen LogP contribution in [0, 0.1) is 0 Å². The second kappa shape index (κ2) is 7.58. The number of carbonyl (C=O) groups excluding carboxylic acids is 1. The SMILES string of the molecule is NC(=O)c1cnn(-c2cc(CCO)cc(C=Nc3ccccc3)c2O)n1. The third-order valence-corrected chi connectivity index (χ3v) is 3.65. The highest BCUT2D eigenvalue weighted by Gasteiger charge is 2.14. The van der Waals surface area contributed by atoms with E-state index in [9.17, 15) is 15.0 Å². The van der Waals surface area contributed by atoms with Gasteiger partial charge in [0.05, 0.1) is 11.9 Å². The summed E-state index contributed by atoms with van der Waals surface area (Å²) in [5.41, 5.74) is 7.36. The highest BCUT2D eigenvalue weighted by molar-refractivity contribution is 5.90. The molecule has 0 unspecified atom stereocenters. The van der Waals surface area contributed by atoms with Gasteiger partial charge < -0.3 is 15.9 Å². The van der Waals surface area contributed by atoms with Crippen LogP contribution < -0.4 is 5.73 Å². The molecule has 8 nitrogen and oxygen atoms in total. The topological polar surface area (TPSA) is 127 Å². The minimum absolute atomic E-state index is 0.0172. The number of hydrogen-bond acceptors (Lipinski definition) is 6. The van der Waals surface area contributed by atoms with E-state index < -0.39 is 5.91 Å². The maximum absolute atomic E-state index is 11.2. The Bertz CT molecular complexity index is 951. The fourth-order valence-electron chi connectivity index (χ4n) is 2.38. The van der Waals surface area contributed by atoms with Gasteiger partial charge in [-0.25, -0.2) is 0 Å². The third-order valence-electron chi connectivity index (χ3n) is 3.65. The molecule has 26 heavy (non-hydrogen) atoms. The fraction of sp³-hybridized carbons (Fsp3) is 0.111. The average molecular weight is 351 g/mol. The van der Waals surface area contributed by atoms with Gasteiger partial charge in [-0.1, -0.05) is 18.2 Å². The van der Waals surface area contributed by atoms with Gasteiger partial charge in [0.15, 0.2) is 11.4 Å². The highest BCUT2D eigenvalue weighted by Crippen LogP contribution is 2.27. The van der Waals surface area contributed by atoms with Crippen LogP contribution in [-0.2, 0) is 6.42 Å². The number of aliphatic imine (C=N–C) groups is 1. The molecule has 4 N–H and O–H groups in total. The van der Waals surface area contributed by atoms with E-state index in [-0.39, 0.29) is 23.7 Å². The zero-order valence-corrected chi connectivity index (χ0v) is 13.8. The monoisotopic (exact) mass is 351 g/mol. The Morgan fingerprint density at radius 1 is 1.27 bits per heavy atom. The molecule has 1 aromatic heterocycles. The van der Waals surface area contributed by atoms with Gasteiger partial charge in [-0.2, -0.15) is 5.10 Å². The van der Waals surface area contributed by atoms with Crippen LogP contribution in [0.1, 0.15) is 21.6 Å². The smallest absolute Gasteiger partial charge is 0.270 e. The number of primary amides is 1. The first kappa shape index (κ1) is 17.3. The first-order valence-corrected chi connectivity index (χ1v) is 7.87. The van der Waals surface area contributed by atoms with E-state index in [0.29, 0.717) is 12.0 Å². The van der Waals surface area contributed by atoms with Crippen LogP contribution in [-0.4, -0.2) is 43.9 Å². The predicted octanol–water partition coefficient (Wildman–Crippen LogP) is 1.36. The molecule has 0 bridgehead atoms. The Hall–Kier alpha value is -3.52. The Kier molecular flexibility index (Phi) is 5.04. The zero-order valence-electron chi connectivity index (χ0n) is 13.8. The molecule has 0 aliphatic carbocycles. The van der Waals surface area contributed by atoms with Crippen LogP contribution in [0.15, 0.2) is 53.7 Å². The van der Waals surface area contributed by atoms with E-state index in [1.54, 1.807) is 12.1 Å². The number of aromatic hydroxyl groups is 1. The highest BCUT2D eigenvalue weighted by atomic mass is 16.3. The standard InChI is InChI=1S/C18H17N5O3/c19-18(26)15-11-21-23(22-15)16-9-12(6-7-24)8-13(17(16)25)10-20-14-4-2-1-3-5-14/h1-5,8-11,24-25H,6-7H2,(H2,19,26). The lowest BCUT2D eigenvalue weighted by Crippen LogP contribution is -2.12. The van der Waals surface area contributed by atoms with Crippen molar-refractivity contribution in [3.8, 4) is 11.4 Å². The van der Waals surface area contributed by atoms with Crippen LogP contribution in [0.25, 0.3) is 5.69 Å². The number of benzene rings is 2. The molecule has 0 saturated carbocycles. The number of nitrogens with zero attached hydrogens (tertiary/aromatic N) is 4. The van der Waals surface area contributed by atoms with Crippen molar-refractivity contribution >= 4 is 17.8 Å². The van der Waals surface area contributed by atoms with Gasteiger partial charge in [-0.15, -0.1) is 9.90 Å². The number of phenols is 1. The summed E-state index contributed by atoms with van der Waals surface area (Å²) in [6.07, 6.45) is 3.12. The fourth-order valence-corrected chi connectivity index (χ4v) is 2.38. The van der Waals surface area contributed by atoms with Gasteiger partial charge in [0.25, 0.3) is 5.91 Å². The number of rotatable bonds is 6. The van der Waals surface area contributed by atoms with Crippen LogP contribution in [0.5, 0.6) is 5.75 Å². The number of aliphatic hydroxyl groups is 1. The molecule has 0 aliphatic rings. The van der Waals surface area contributed by atoms with Crippen molar-refractivity contribution in [1.82, 2.24) is 15.0 Å². The molecule has 3 rings (SSSR count). The summed E-state index contributed by atoms with van der Waals surface area (Å²) < 4.78 is 0. The molecule has 8 heteroatoms. The summed E-state index contributed by atoms with van der Waals surface area (Å²) in [7, 11) is 0.